The zero-order valence-corrected chi connectivity index (χ0v) is 11.4. The van der Waals surface area contributed by atoms with Crippen molar-refractivity contribution in [2.45, 2.75) is 0 Å². The molecule has 0 bridgehead atoms. The lowest BCUT2D eigenvalue weighted by atomic mass is 10.3. The minimum absolute atomic E-state index is 0.0900. The normalized spacial score (nSPS) is 11.3. The molecule has 0 saturated heterocycles. The largest absolute Gasteiger partial charge is 0.424 e. The Morgan fingerprint density at radius 3 is 2.67 bits per heavy atom. The van der Waals surface area contributed by atoms with Gasteiger partial charge < -0.3 is 14.5 Å². The number of benzene rings is 1. The highest BCUT2D eigenvalue weighted by Gasteiger charge is 2.14. The number of carbonyl (C=O) groups is 1. The highest BCUT2D eigenvalue weighted by Crippen LogP contribution is 2.32. The number of carbonyl (C=O) groups excluding carboxylic acids is 1. The first-order chi connectivity index (χ1) is 8.29. The van der Waals surface area contributed by atoms with Gasteiger partial charge in [-0.05, 0) is 12.1 Å². The van der Waals surface area contributed by atoms with Crippen LogP contribution >= 0.6 is 30.8 Å². The smallest absolute Gasteiger partial charge is 0.339 e. The van der Waals surface area contributed by atoms with Gasteiger partial charge >= 0.3 is 13.6 Å². The van der Waals surface area contributed by atoms with E-state index in [0.29, 0.717) is 0 Å². The van der Waals surface area contributed by atoms with E-state index in [4.69, 9.17) is 37.7 Å². The van der Waals surface area contributed by atoms with Crippen LogP contribution in [0.4, 0.5) is 0 Å². The number of hydrogen-bond donors (Lipinski definition) is 3. The van der Waals surface area contributed by atoms with Crippen LogP contribution in [0.25, 0.3) is 0 Å². The Hall–Kier alpha value is -0.620. The third-order valence-corrected chi connectivity index (χ3v) is 3.16. The summed E-state index contributed by atoms with van der Waals surface area (Å²) in [6.45, 7) is -0.353. The lowest BCUT2D eigenvalue weighted by Gasteiger charge is -2.08. The summed E-state index contributed by atoms with van der Waals surface area (Å²) in [5.41, 5.74) is 0. The Balaban J connectivity index is 2.50. The summed E-state index contributed by atoms with van der Waals surface area (Å²) < 4.78 is 15.4. The Bertz CT molecular complexity index is 490. The average molecular weight is 314 g/mol. The van der Waals surface area contributed by atoms with Gasteiger partial charge in [-0.2, -0.15) is 0 Å². The second-order valence-electron chi connectivity index (χ2n) is 3.28. The summed E-state index contributed by atoms with van der Waals surface area (Å²) in [5.74, 6) is -0.639. The summed E-state index contributed by atoms with van der Waals surface area (Å²) in [4.78, 5) is 28.4. The van der Waals surface area contributed by atoms with Gasteiger partial charge in [0, 0.05) is 0 Å². The predicted molar refractivity (Wildman–Crippen MR) is 67.0 cm³/mol. The van der Waals surface area contributed by atoms with Crippen LogP contribution in [0.3, 0.4) is 0 Å². The molecule has 1 rings (SSSR count). The SMILES string of the molecule is O=C(CNCP(=O)(O)O)Oc1cccc(Cl)c1Cl. The van der Waals surface area contributed by atoms with E-state index in [0.717, 1.165) is 0 Å². The predicted octanol–water partition coefficient (Wildman–Crippen LogP) is 1.62. The molecular formula is C9H10Cl2NO5P. The standard InChI is InChI=1S/C9H10Cl2NO5P/c10-6-2-1-3-7(9(6)11)17-8(13)4-12-5-18(14,15)16/h1-3,12H,4-5H2,(H2,14,15,16). The molecule has 0 radical (unpaired) electrons. The summed E-state index contributed by atoms with van der Waals surface area (Å²) >= 11 is 11.5. The summed E-state index contributed by atoms with van der Waals surface area (Å²) in [7, 11) is -4.19. The van der Waals surface area contributed by atoms with Gasteiger partial charge in [0.15, 0.2) is 5.75 Å². The molecule has 0 spiro atoms. The van der Waals surface area contributed by atoms with Crippen molar-refractivity contribution in [2.24, 2.45) is 0 Å². The molecule has 0 aromatic heterocycles. The van der Waals surface area contributed by atoms with E-state index < -0.39 is 19.9 Å². The number of halogens is 2. The van der Waals surface area contributed by atoms with Crippen LogP contribution in [0.15, 0.2) is 18.2 Å². The van der Waals surface area contributed by atoms with Crippen molar-refractivity contribution < 1.29 is 23.9 Å². The fraction of sp³-hybridized carbons (Fsp3) is 0.222. The minimum Gasteiger partial charge on any atom is -0.424 e. The van der Waals surface area contributed by atoms with Crippen LogP contribution in [0.2, 0.25) is 10.0 Å². The van der Waals surface area contributed by atoms with Crippen LogP contribution in [0.5, 0.6) is 5.75 Å². The molecule has 0 aliphatic carbocycles. The first kappa shape index (κ1) is 15.4. The molecule has 6 nitrogen and oxygen atoms in total. The van der Waals surface area contributed by atoms with E-state index >= 15 is 0 Å². The number of ether oxygens (including phenoxy) is 1. The fourth-order valence-electron chi connectivity index (χ4n) is 1.03. The van der Waals surface area contributed by atoms with Gasteiger partial charge in [-0.15, -0.1) is 0 Å². The van der Waals surface area contributed by atoms with Crippen LogP contribution in [-0.4, -0.2) is 28.6 Å². The number of rotatable bonds is 5. The molecule has 0 fully saturated rings. The molecular weight excluding hydrogens is 304 g/mol. The number of esters is 1. The van der Waals surface area contributed by atoms with E-state index in [-0.39, 0.29) is 22.3 Å². The molecule has 100 valence electrons. The van der Waals surface area contributed by atoms with Crippen molar-refractivity contribution in [3.63, 3.8) is 0 Å². The number of hydrogen-bond acceptors (Lipinski definition) is 4. The Kier molecular flexibility index (Phi) is 5.59. The van der Waals surface area contributed by atoms with E-state index in [2.05, 4.69) is 5.32 Å². The quantitative estimate of drug-likeness (QED) is 0.434. The van der Waals surface area contributed by atoms with E-state index in [1.54, 1.807) is 6.07 Å². The van der Waals surface area contributed by atoms with Crippen molar-refractivity contribution in [1.82, 2.24) is 5.32 Å². The lowest BCUT2D eigenvalue weighted by Crippen LogP contribution is -2.27. The van der Waals surface area contributed by atoms with Crippen molar-refractivity contribution in [3.05, 3.63) is 28.2 Å². The highest BCUT2D eigenvalue weighted by molar-refractivity contribution is 7.51. The molecule has 0 amide bonds. The van der Waals surface area contributed by atoms with Gasteiger partial charge in [0.2, 0.25) is 0 Å². The van der Waals surface area contributed by atoms with Crippen molar-refractivity contribution in [2.75, 3.05) is 12.8 Å². The zero-order chi connectivity index (χ0) is 13.8. The fourth-order valence-corrected chi connectivity index (χ4v) is 1.76. The van der Waals surface area contributed by atoms with Gasteiger partial charge in [0.1, 0.15) is 5.02 Å². The molecule has 0 atom stereocenters. The van der Waals surface area contributed by atoms with Gasteiger partial charge in [0.25, 0.3) is 0 Å². The Morgan fingerprint density at radius 1 is 1.39 bits per heavy atom. The lowest BCUT2D eigenvalue weighted by molar-refractivity contribution is -0.133. The van der Waals surface area contributed by atoms with Crippen molar-refractivity contribution >= 4 is 36.8 Å². The molecule has 0 heterocycles. The molecule has 9 heteroatoms. The van der Waals surface area contributed by atoms with E-state index in [9.17, 15) is 9.36 Å². The van der Waals surface area contributed by atoms with Gasteiger partial charge in [-0.25, -0.2) is 0 Å². The first-order valence-corrected chi connectivity index (χ1v) is 7.25. The van der Waals surface area contributed by atoms with E-state index in [1.165, 1.54) is 12.1 Å². The third-order valence-electron chi connectivity index (χ3n) is 1.73. The second kappa shape index (κ2) is 6.52. The van der Waals surface area contributed by atoms with Crippen molar-refractivity contribution in [1.29, 1.82) is 0 Å². The average Bonchev–Trinajstić information content (AvgIpc) is 2.23. The van der Waals surface area contributed by atoms with Crippen LogP contribution in [0.1, 0.15) is 0 Å². The topological polar surface area (TPSA) is 95.9 Å². The maximum atomic E-state index is 11.3. The maximum absolute atomic E-state index is 11.3. The van der Waals surface area contributed by atoms with Crippen molar-refractivity contribution in [3.8, 4) is 5.75 Å². The zero-order valence-electron chi connectivity index (χ0n) is 8.97. The van der Waals surface area contributed by atoms with Gasteiger partial charge in [-0.1, -0.05) is 29.3 Å². The van der Waals surface area contributed by atoms with Crippen LogP contribution < -0.4 is 10.1 Å². The first-order valence-electron chi connectivity index (χ1n) is 4.69. The molecule has 0 unspecified atom stereocenters. The van der Waals surface area contributed by atoms with E-state index in [1.807, 2.05) is 0 Å². The molecule has 0 aliphatic rings. The molecule has 0 saturated carbocycles. The molecule has 3 N–H and O–H groups in total. The molecule has 18 heavy (non-hydrogen) atoms. The Labute approximate surface area is 113 Å². The number of nitrogens with one attached hydrogen (secondary N) is 1. The van der Waals surface area contributed by atoms with Gasteiger partial charge in [-0.3, -0.25) is 14.7 Å². The molecule has 0 aliphatic heterocycles. The van der Waals surface area contributed by atoms with Gasteiger partial charge in [0.05, 0.1) is 17.9 Å². The molecule has 1 aromatic rings. The summed E-state index contributed by atoms with van der Waals surface area (Å²) in [6.07, 6.45) is -0.606. The monoisotopic (exact) mass is 313 g/mol. The second-order valence-corrected chi connectivity index (χ2v) is 5.71. The maximum Gasteiger partial charge on any atom is 0.339 e. The molecule has 1 aromatic carbocycles. The highest BCUT2D eigenvalue weighted by atomic mass is 35.5. The minimum atomic E-state index is -4.19. The van der Waals surface area contributed by atoms with Crippen LogP contribution in [0, 0.1) is 0 Å². The van der Waals surface area contributed by atoms with Crippen LogP contribution in [-0.2, 0) is 9.36 Å². The summed E-state index contributed by atoms with van der Waals surface area (Å²) in [6, 6.07) is 4.54. The Morgan fingerprint density at radius 2 is 2.06 bits per heavy atom. The third kappa shape index (κ3) is 5.35. The summed E-state index contributed by atoms with van der Waals surface area (Å²) in [5, 5.41) is 2.61.